The van der Waals surface area contributed by atoms with Crippen molar-refractivity contribution in [1.29, 1.82) is 0 Å². The number of nitrogens with zero attached hydrogens (tertiary/aromatic N) is 2. The zero-order valence-electron chi connectivity index (χ0n) is 12.0. The minimum atomic E-state index is -0.250. The van der Waals surface area contributed by atoms with Crippen molar-refractivity contribution in [2.45, 2.75) is 13.0 Å². The van der Waals surface area contributed by atoms with Gasteiger partial charge in [0.25, 0.3) is 0 Å². The van der Waals surface area contributed by atoms with Gasteiger partial charge in [0.2, 0.25) is 5.91 Å². The van der Waals surface area contributed by atoms with Gasteiger partial charge < -0.3 is 9.88 Å². The summed E-state index contributed by atoms with van der Waals surface area (Å²) < 4.78 is 14.6. The molecule has 112 valence electrons. The van der Waals surface area contributed by atoms with Gasteiger partial charge in [-0.05, 0) is 36.2 Å². The average molecular weight is 297 g/mol. The van der Waals surface area contributed by atoms with Gasteiger partial charge in [-0.2, -0.15) is 0 Å². The predicted molar refractivity (Wildman–Crippen MR) is 82.8 cm³/mol. The van der Waals surface area contributed by atoms with Crippen LogP contribution < -0.4 is 5.32 Å². The Morgan fingerprint density at radius 1 is 1.14 bits per heavy atom. The lowest BCUT2D eigenvalue weighted by molar-refractivity contribution is -0.121. The third-order valence-corrected chi connectivity index (χ3v) is 3.49. The maximum atomic E-state index is 12.8. The summed E-state index contributed by atoms with van der Waals surface area (Å²) in [5, 5.41) is 2.87. The largest absolute Gasteiger partial charge is 0.354 e. The van der Waals surface area contributed by atoms with Gasteiger partial charge in [0, 0.05) is 6.54 Å². The molecule has 3 rings (SSSR count). The first-order valence-electron chi connectivity index (χ1n) is 7.13. The molecular weight excluding hydrogens is 281 g/mol. The molecule has 0 spiro atoms. The van der Waals surface area contributed by atoms with Gasteiger partial charge in [-0.25, -0.2) is 9.37 Å². The summed E-state index contributed by atoms with van der Waals surface area (Å²) in [6.07, 6.45) is 2.35. The van der Waals surface area contributed by atoms with Crippen LogP contribution in [0.2, 0.25) is 0 Å². The molecule has 0 aliphatic carbocycles. The minimum absolute atomic E-state index is 0.0646. The Morgan fingerprint density at radius 3 is 2.73 bits per heavy atom. The fourth-order valence-electron chi connectivity index (χ4n) is 2.34. The predicted octanol–water partition coefficient (Wildman–Crippen LogP) is 2.53. The number of carbonyl (C=O) groups excluding carboxylic acids is 1. The van der Waals surface area contributed by atoms with Gasteiger partial charge in [-0.15, -0.1) is 0 Å². The van der Waals surface area contributed by atoms with Crippen molar-refractivity contribution in [3.8, 4) is 0 Å². The van der Waals surface area contributed by atoms with Gasteiger partial charge in [0.15, 0.2) is 0 Å². The van der Waals surface area contributed by atoms with Crippen LogP contribution in [0.5, 0.6) is 0 Å². The number of para-hydroxylation sites is 2. The first kappa shape index (κ1) is 14.3. The Balaban J connectivity index is 1.53. The molecule has 0 unspecified atom stereocenters. The number of carbonyl (C=O) groups is 1. The van der Waals surface area contributed by atoms with E-state index >= 15 is 0 Å². The second kappa shape index (κ2) is 6.39. The summed E-state index contributed by atoms with van der Waals surface area (Å²) in [7, 11) is 0. The molecule has 0 saturated carbocycles. The Kier molecular flexibility index (Phi) is 4.14. The molecule has 1 N–H and O–H groups in total. The highest BCUT2D eigenvalue weighted by Gasteiger charge is 2.06. The van der Waals surface area contributed by atoms with Crippen LogP contribution in [0.4, 0.5) is 4.39 Å². The van der Waals surface area contributed by atoms with Gasteiger partial charge in [0.05, 0.1) is 17.4 Å². The lowest BCUT2D eigenvalue weighted by atomic mass is 10.1. The van der Waals surface area contributed by atoms with Crippen molar-refractivity contribution in [3.63, 3.8) is 0 Å². The van der Waals surface area contributed by atoms with E-state index in [2.05, 4.69) is 10.3 Å². The monoisotopic (exact) mass is 297 g/mol. The molecule has 1 heterocycles. The fraction of sp³-hybridized carbons (Fsp3) is 0.176. The van der Waals surface area contributed by atoms with E-state index in [1.54, 1.807) is 18.5 Å². The molecule has 0 atom stereocenters. The van der Waals surface area contributed by atoms with Crippen molar-refractivity contribution in [2.75, 3.05) is 6.54 Å². The maximum absolute atomic E-state index is 12.8. The van der Waals surface area contributed by atoms with Crippen molar-refractivity contribution in [2.24, 2.45) is 0 Å². The van der Waals surface area contributed by atoms with Crippen LogP contribution in [0.3, 0.4) is 0 Å². The summed E-state index contributed by atoms with van der Waals surface area (Å²) in [5.74, 6) is -0.315. The smallest absolute Gasteiger partial charge is 0.240 e. The highest BCUT2D eigenvalue weighted by atomic mass is 19.1. The number of halogens is 1. The van der Waals surface area contributed by atoms with Gasteiger partial charge in [0.1, 0.15) is 12.4 Å². The molecule has 5 heteroatoms. The number of hydrogen-bond donors (Lipinski definition) is 1. The Hall–Kier alpha value is -2.69. The molecule has 0 bridgehead atoms. The molecule has 1 amide bonds. The molecular formula is C17H16FN3O. The number of hydrogen-bond acceptors (Lipinski definition) is 2. The molecule has 2 aromatic carbocycles. The van der Waals surface area contributed by atoms with Crippen molar-refractivity contribution < 1.29 is 9.18 Å². The van der Waals surface area contributed by atoms with Crippen molar-refractivity contribution in [1.82, 2.24) is 14.9 Å². The van der Waals surface area contributed by atoms with E-state index in [0.29, 0.717) is 13.0 Å². The third-order valence-electron chi connectivity index (χ3n) is 3.49. The number of imidazole rings is 1. The Bertz CT molecular complexity index is 780. The molecule has 22 heavy (non-hydrogen) atoms. The molecule has 0 radical (unpaired) electrons. The van der Waals surface area contributed by atoms with Crippen LogP contribution in [0.15, 0.2) is 54.9 Å². The van der Waals surface area contributed by atoms with E-state index in [9.17, 15) is 9.18 Å². The average Bonchev–Trinajstić information content (AvgIpc) is 2.93. The summed E-state index contributed by atoms with van der Waals surface area (Å²) in [5.41, 5.74) is 2.81. The number of fused-ring (bicyclic) bond motifs is 1. The van der Waals surface area contributed by atoms with Crippen LogP contribution >= 0.6 is 0 Å². The van der Waals surface area contributed by atoms with E-state index in [-0.39, 0.29) is 18.3 Å². The van der Waals surface area contributed by atoms with Gasteiger partial charge in [-0.3, -0.25) is 4.79 Å². The van der Waals surface area contributed by atoms with E-state index < -0.39 is 0 Å². The van der Waals surface area contributed by atoms with E-state index in [1.807, 2.05) is 28.8 Å². The van der Waals surface area contributed by atoms with E-state index in [1.165, 1.54) is 12.1 Å². The molecule has 0 saturated heterocycles. The zero-order valence-corrected chi connectivity index (χ0v) is 12.0. The highest BCUT2D eigenvalue weighted by molar-refractivity contribution is 5.80. The van der Waals surface area contributed by atoms with Crippen LogP contribution in [0.1, 0.15) is 5.56 Å². The third kappa shape index (κ3) is 3.31. The molecule has 3 aromatic rings. The molecule has 0 aliphatic rings. The van der Waals surface area contributed by atoms with Crippen LogP contribution in [0, 0.1) is 5.82 Å². The standard InChI is InChI=1S/C17H16FN3O/c18-14-7-5-13(6-8-14)9-10-19-17(22)11-21-12-20-15-3-1-2-4-16(15)21/h1-8,12H,9-11H2,(H,19,22). The lowest BCUT2D eigenvalue weighted by Gasteiger charge is -2.07. The lowest BCUT2D eigenvalue weighted by Crippen LogP contribution is -2.29. The number of benzene rings is 2. The minimum Gasteiger partial charge on any atom is -0.354 e. The SMILES string of the molecule is O=C(Cn1cnc2ccccc21)NCCc1ccc(F)cc1. The summed E-state index contributed by atoms with van der Waals surface area (Å²) in [4.78, 5) is 16.2. The normalized spacial score (nSPS) is 10.8. The number of rotatable bonds is 5. The van der Waals surface area contributed by atoms with Gasteiger partial charge in [-0.1, -0.05) is 24.3 Å². The number of amides is 1. The van der Waals surface area contributed by atoms with Gasteiger partial charge >= 0.3 is 0 Å². The topological polar surface area (TPSA) is 46.9 Å². The molecule has 1 aromatic heterocycles. The van der Waals surface area contributed by atoms with Crippen molar-refractivity contribution in [3.05, 3.63) is 66.2 Å². The Morgan fingerprint density at radius 2 is 1.91 bits per heavy atom. The van der Waals surface area contributed by atoms with E-state index in [4.69, 9.17) is 0 Å². The Labute approximate surface area is 127 Å². The number of nitrogens with one attached hydrogen (secondary N) is 1. The first-order valence-corrected chi connectivity index (χ1v) is 7.13. The summed E-state index contributed by atoms with van der Waals surface area (Å²) in [6.45, 7) is 0.765. The first-order chi connectivity index (χ1) is 10.7. The fourth-order valence-corrected chi connectivity index (χ4v) is 2.34. The second-order valence-corrected chi connectivity index (χ2v) is 5.09. The summed E-state index contributed by atoms with van der Waals surface area (Å²) in [6, 6.07) is 14.0. The second-order valence-electron chi connectivity index (χ2n) is 5.09. The molecule has 4 nitrogen and oxygen atoms in total. The molecule has 0 aliphatic heterocycles. The van der Waals surface area contributed by atoms with Crippen LogP contribution in [-0.2, 0) is 17.8 Å². The zero-order chi connectivity index (χ0) is 15.4. The summed E-state index contributed by atoms with van der Waals surface area (Å²) >= 11 is 0. The van der Waals surface area contributed by atoms with Crippen LogP contribution in [-0.4, -0.2) is 22.0 Å². The molecule has 0 fully saturated rings. The van der Waals surface area contributed by atoms with Crippen molar-refractivity contribution >= 4 is 16.9 Å². The quantitative estimate of drug-likeness (QED) is 0.786. The van der Waals surface area contributed by atoms with Crippen LogP contribution in [0.25, 0.3) is 11.0 Å². The maximum Gasteiger partial charge on any atom is 0.240 e. The highest BCUT2D eigenvalue weighted by Crippen LogP contribution is 2.11. The number of aromatic nitrogens is 2. The van der Waals surface area contributed by atoms with E-state index in [0.717, 1.165) is 16.6 Å².